The highest BCUT2D eigenvalue weighted by Crippen LogP contribution is 2.57. The number of rotatable bonds is 13. The molecule has 0 spiro atoms. The maximum atomic E-state index is 11.4. The van der Waals surface area contributed by atoms with Gasteiger partial charge in [-0.05, 0) is 301 Å². The Morgan fingerprint density at radius 1 is 0.235 bits per heavy atom. The van der Waals surface area contributed by atoms with Gasteiger partial charge in [-0.1, -0.05) is 362 Å². The first-order valence-corrected chi connectivity index (χ1v) is 49.1. The fourth-order valence-electron chi connectivity index (χ4n) is 21.0. The van der Waals surface area contributed by atoms with Gasteiger partial charge in [0.05, 0.1) is 33.4 Å². The molecule has 0 radical (unpaired) electrons. The minimum Gasteiger partial charge on any atom is -0.310 e. The van der Waals surface area contributed by atoms with E-state index in [0.717, 1.165) is 154 Å². The van der Waals surface area contributed by atoms with Gasteiger partial charge < -0.3 is 18.9 Å². The zero-order valence-corrected chi connectivity index (χ0v) is 86.3. The first kappa shape index (κ1) is 90.3. The van der Waals surface area contributed by atoms with E-state index in [1.165, 1.54) is 77.2 Å². The lowest BCUT2D eigenvalue weighted by atomic mass is 9.33. The standard InChI is InChI=1S/C127H149BN4/c1-117(2,3)74-79-38-34-42-84(58-79)96-68-92(126(28,29)30)69-97(85-43-35-39-80(59-85)75-118(4,5)6)115(96)131-110-72-94(129-106-54-46-88(122(16,17)18)64-100(106)101-65-89(123(19,20)21)47-55-107(101)129)50-52-104(110)128-105-53-51-95(130-108-56-48-90(124(22,23)24)66-102(108)103-67-91(125(25,26)27)49-57-109(103)130)73-111(105)132(113-63-83(78-121(13,14)15)62-112(131)114(113)128)116-98(86-44-36-40-81(60-86)76-119(7,8)9)70-93(127(31,32)33)71-99(116)87-45-37-41-82(61-87)77-120(10,11)12/h34-73H,74-78H2,1-33H3/i78D2. The highest BCUT2D eigenvalue weighted by atomic mass is 15.2. The van der Waals surface area contributed by atoms with Crippen molar-refractivity contribution in [1.82, 2.24) is 9.13 Å². The first-order chi connectivity index (χ1) is 62.0. The van der Waals surface area contributed by atoms with E-state index in [1.54, 1.807) is 0 Å². The van der Waals surface area contributed by atoms with Crippen molar-refractivity contribution in [2.24, 2.45) is 27.1 Å². The third-order valence-corrected chi connectivity index (χ3v) is 27.4. The molecule has 2 aromatic heterocycles. The van der Waals surface area contributed by atoms with Crippen molar-refractivity contribution in [3.63, 3.8) is 0 Å². The molecule has 680 valence electrons. The van der Waals surface area contributed by atoms with Crippen LogP contribution in [0.25, 0.3) is 99.5 Å². The van der Waals surface area contributed by atoms with Crippen molar-refractivity contribution in [3.8, 4) is 55.9 Å². The van der Waals surface area contributed by atoms with Crippen molar-refractivity contribution >= 4 is 101 Å². The minimum atomic E-state index is -1.95. The van der Waals surface area contributed by atoms with Gasteiger partial charge in [0.2, 0.25) is 0 Å². The maximum absolute atomic E-state index is 11.4. The molecule has 5 heteroatoms. The molecular formula is C127H149BN4. The average molecular weight is 1740 g/mol. The molecule has 0 saturated carbocycles. The molecule has 0 aliphatic carbocycles. The van der Waals surface area contributed by atoms with Crippen molar-refractivity contribution < 1.29 is 2.74 Å². The van der Waals surface area contributed by atoms with Crippen LogP contribution in [0.15, 0.2) is 243 Å². The summed E-state index contributed by atoms with van der Waals surface area (Å²) >= 11 is 0. The Labute approximate surface area is 797 Å². The van der Waals surface area contributed by atoms with E-state index in [2.05, 4.69) is 490 Å². The SMILES string of the molecule is [2H]C([2H])(c1cc2c3c(c1)N(c1c(-c4cccc(CC(C)(C)C)c4)cc(C(C)(C)C)cc1-c1cccc(CC(C)(C)C)c1)c1cc(-n4c5ccc(C(C)(C)C)cc5c5cc(C(C)(C)C)ccc54)ccc1B3c1ccc(-n3c4ccc(C(C)(C)C)cc4c4cc(C(C)(C)C)ccc43)cc1N2c1c(-c2cccc(CC(C)(C)C)c2)cc(C(C)(C)C)cc1-c1cccc(CC(C)(C)C)c1)C(C)(C)C. The van der Waals surface area contributed by atoms with Gasteiger partial charge in [-0.15, -0.1) is 0 Å². The summed E-state index contributed by atoms with van der Waals surface area (Å²) < 4.78 is 27.9. The second-order valence-corrected chi connectivity index (χ2v) is 51.6. The third kappa shape index (κ3) is 18.5. The zero-order chi connectivity index (χ0) is 96.9. The molecule has 0 atom stereocenters. The summed E-state index contributed by atoms with van der Waals surface area (Å²) in [6.45, 7) is 76.6. The summed E-state index contributed by atoms with van der Waals surface area (Å²) in [5.74, 6) is 0. The lowest BCUT2D eigenvalue weighted by molar-refractivity contribution is 0.411. The molecule has 4 nitrogen and oxygen atoms in total. The van der Waals surface area contributed by atoms with Crippen molar-refractivity contribution in [3.05, 3.63) is 304 Å². The molecule has 0 saturated heterocycles. The number of nitrogens with zero attached hydrogens (tertiary/aromatic N) is 4. The Balaban J connectivity index is 1.12. The Morgan fingerprint density at radius 3 is 0.727 bits per heavy atom. The zero-order valence-electron chi connectivity index (χ0n) is 88.3. The summed E-state index contributed by atoms with van der Waals surface area (Å²) in [4.78, 5) is 5.40. The van der Waals surface area contributed by atoms with Gasteiger partial charge in [-0.2, -0.15) is 0 Å². The van der Waals surface area contributed by atoms with Crippen LogP contribution in [-0.4, -0.2) is 15.8 Å². The van der Waals surface area contributed by atoms with Crippen LogP contribution in [0.2, 0.25) is 0 Å². The van der Waals surface area contributed by atoms with Gasteiger partial charge in [0.1, 0.15) is 0 Å². The summed E-state index contributed by atoms with van der Waals surface area (Å²) in [6, 6.07) is 97.0. The molecule has 0 N–H and O–H groups in total. The quantitative estimate of drug-likeness (QED) is 0.107. The normalized spacial score (nSPS) is 14.2. The molecule has 132 heavy (non-hydrogen) atoms. The van der Waals surface area contributed by atoms with Crippen LogP contribution in [0.1, 0.15) is 292 Å². The topological polar surface area (TPSA) is 16.3 Å². The van der Waals surface area contributed by atoms with E-state index >= 15 is 0 Å². The van der Waals surface area contributed by atoms with Crippen LogP contribution >= 0.6 is 0 Å². The monoisotopic (exact) mass is 1740 g/mol. The molecule has 13 aromatic carbocycles. The predicted octanol–water partition coefficient (Wildman–Crippen LogP) is 34.4. The second kappa shape index (κ2) is 32.5. The fourth-order valence-corrected chi connectivity index (χ4v) is 21.0. The van der Waals surface area contributed by atoms with Gasteiger partial charge in [-0.25, -0.2) is 0 Å². The molecule has 0 amide bonds. The number of hydrogen-bond acceptors (Lipinski definition) is 2. The Kier molecular flexibility index (Phi) is 22.2. The number of hydrogen-bond donors (Lipinski definition) is 0. The van der Waals surface area contributed by atoms with Crippen molar-refractivity contribution in [2.75, 3.05) is 9.80 Å². The molecule has 0 bridgehead atoms. The highest BCUT2D eigenvalue weighted by Gasteiger charge is 2.47. The van der Waals surface area contributed by atoms with E-state index in [4.69, 9.17) is 0 Å². The highest BCUT2D eigenvalue weighted by molar-refractivity contribution is 7.00. The van der Waals surface area contributed by atoms with Crippen molar-refractivity contribution in [2.45, 2.75) is 293 Å². The lowest BCUT2D eigenvalue weighted by Crippen LogP contribution is -2.61. The molecule has 2 aliphatic heterocycles. The number of benzene rings is 13. The van der Waals surface area contributed by atoms with Gasteiger partial charge in [0.15, 0.2) is 0 Å². The molecule has 17 rings (SSSR count). The minimum absolute atomic E-state index is 0.0124. The maximum Gasteiger partial charge on any atom is 0.252 e. The van der Waals surface area contributed by atoms with Gasteiger partial charge in [0.25, 0.3) is 6.71 Å². The third-order valence-electron chi connectivity index (χ3n) is 27.4. The molecule has 0 unspecified atom stereocenters. The Hall–Kier alpha value is -10.9. The lowest BCUT2D eigenvalue weighted by Gasteiger charge is -2.46. The Bertz CT molecular complexity index is 6450. The van der Waals surface area contributed by atoms with Gasteiger partial charge >= 0.3 is 0 Å². The van der Waals surface area contributed by atoms with Gasteiger partial charge in [-0.3, -0.25) is 0 Å². The first-order valence-electron chi connectivity index (χ1n) is 50.1. The van der Waals surface area contributed by atoms with E-state index in [9.17, 15) is 2.74 Å². The number of anilines is 6. The summed E-state index contributed by atoms with van der Waals surface area (Å²) in [7, 11) is 0. The van der Waals surface area contributed by atoms with Gasteiger partial charge in [0, 0.05) is 80.7 Å². The van der Waals surface area contributed by atoms with E-state index < -0.39 is 18.5 Å². The molecule has 0 fully saturated rings. The van der Waals surface area contributed by atoms with Crippen molar-refractivity contribution in [1.29, 1.82) is 0 Å². The second-order valence-electron chi connectivity index (χ2n) is 51.6. The molecular weight excluding hydrogens is 1590 g/mol. The number of aromatic nitrogens is 2. The summed E-state index contributed by atoms with van der Waals surface area (Å²) in [6.07, 6.45) is 1.57. The predicted molar refractivity (Wildman–Crippen MR) is 579 cm³/mol. The largest absolute Gasteiger partial charge is 0.310 e. The van der Waals surface area contributed by atoms with Crippen LogP contribution in [0.5, 0.6) is 0 Å². The summed E-state index contributed by atoms with van der Waals surface area (Å²) in [5, 5.41) is 4.91. The summed E-state index contributed by atoms with van der Waals surface area (Å²) in [5.41, 5.74) is 36.4. The number of fused-ring (bicyclic) bond motifs is 10. The molecule has 2 aliphatic rings. The van der Waals surface area contributed by atoms with E-state index in [1.807, 2.05) is 0 Å². The van der Waals surface area contributed by atoms with Crippen LogP contribution in [-0.2, 0) is 64.5 Å². The van der Waals surface area contributed by atoms with E-state index in [-0.39, 0.29) is 54.1 Å². The Morgan fingerprint density at radius 2 is 0.492 bits per heavy atom. The molecule has 4 heterocycles. The van der Waals surface area contributed by atoms with Crippen LogP contribution in [0.3, 0.4) is 0 Å². The van der Waals surface area contributed by atoms with Crippen LogP contribution < -0.4 is 26.2 Å². The fraction of sp³-hybridized carbons (Fsp3) is 0.386. The van der Waals surface area contributed by atoms with Crippen LogP contribution in [0, 0.1) is 27.1 Å². The van der Waals surface area contributed by atoms with E-state index in [0.29, 0.717) is 5.56 Å². The smallest absolute Gasteiger partial charge is 0.252 e. The van der Waals surface area contributed by atoms with Crippen LogP contribution in [0.4, 0.5) is 34.1 Å². The molecule has 15 aromatic rings. The average Bonchev–Trinajstić information content (AvgIpc) is 0.716.